The van der Waals surface area contributed by atoms with Gasteiger partial charge in [-0.25, -0.2) is 0 Å². The predicted molar refractivity (Wildman–Crippen MR) is 240 cm³/mol. The van der Waals surface area contributed by atoms with Crippen molar-refractivity contribution in [1.29, 1.82) is 0 Å². The minimum Gasteiger partial charge on any atom is -0.0619 e. The Morgan fingerprint density at radius 3 is 0.828 bits per heavy atom. The van der Waals surface area contributed by atoms with Gasteiger partial charge in [-0.2, -0.15) is 0 Å². The van der Waals surface area contributed by atoms with E-state index in [-0.39, 0.29) is 0 Å². The first-order chi connectivity index (χ1) is 28.8. The van der Waals surface area contributed by atoms with Crippen molar-refractivity contribution < 1.29 is 0 Å². The van der Waals surface area contributed by atoms with Gasteiger partial charge < -0.3 is 0 Å². The topological polar surface area (TPSA) is 0 Å². The van der Waals surface area contributed by atoms with Crippen LogP contribution in [0.1, 0.15) is 44.5 Å². The molecule has 0 saturated heterocycles. The molecule has 0 saturated carbocycles. The Morgan fingerprint density at radius 1 is 0.207 bits per heavy atom. The zero-order chi connectivity index (χ0) is 37.5. The van der Waals surface area contributed by atoms with Crippen LogP contribution in [0.4, 0.5) is 0 Å². The first-order valence-corrected chi connectivity index (χ1v) is 20.6. The van der Waals surface area contributed by atoms with E-state index in [0.717, 1.165) is 0 Å². The van der Waals surface area contributed by atoms with Crippen molar-refractivity contribution in [2.24, 2.45) is 0 Å². The van der Waals surface area contributed by atoms with Crippen LogP contribution in [-0.4, -0.2) is 0 Å². The third kappa shape index (κ3) is 3.05. The summed E-state index contributed by atoms with van der Waals surface area (Å²) in [5.74, 6) is 0. The number of hydrogen-bond donors (Lipinski definition) is 0. The van der Waals surface area contributed by atoms with Crippen LogP contribution in [0.2, 0.25) is 0 Å². The zero-order valence-corrected chi connectivity index (χ0v) is 31.5. The SMILES string of the molecule is c1ccc2c(c1)-c1ccccc1C21c2ccccc2-c2c1cc1c3cccc4c5c(cc(c6cccc2c61)c43)C1(c2ccccc2-c2ccccc21)c1ccccc1-5. The lowest BCUT2D eigenvalue weighted by Crippen LogP contribution is -2.26. The fourth-order valence-corrected chi connectivity index (χ4v) is 13.0. The molecule has 4 aliphatic carbocycles. The van der Waals surface area contributed by atoms with E-state index in [9.17, 15) is 0 Å². The molecule has 0 radical (unpaired) electrons. The predicted octanol–water partition coefficient (Wildman–Crippen LogP) is 14.4. The van der Waals surface area contributed by atoms with Gasteiger partial charge in [0.25, 0.3) is 0 Å². The highest BCUT2D eigenvalue weighted by Crippen LogP contribution is 2.67. The first-order valence-electron chi connectivity index (χ1n) is 20.6. The average molecular weight is 729 g/mol. The molecule has 264 valence electrons. The molecule has 0 atom stereocenters. The Hall–Kier alpha value is -7.28. The van der Waals surface area contributed by atoms with Gasteiger partial charge in [-0.1, -0.05) is 182 Å². The van der Waals surface area contributed by atoms with Crippen LogP contribution in [-0.2, 0) is 10.8 Å². The fourth-order valence-electron chi connectivity index (χ4n) is 13.0. The van der Waals surface area contributed by atoms with E-state index in [1.807, 2.05) is 0 Å². The third-order valence-corrected chi connectivity index (χ3v) is 14.8. The smallest absolute Gasteiger partial charge is 0.0619 e. The molecule has 0 bridgehead atoms. The van der Waals surface area contributed by atoms with Crippen LogP contribution in [0.5, 0.6) is 0 Å². The summed E-state index contributed by atoms with van der Waals surface area (Å²) in [4.78, 5) is 0. The highest BCUT2D eigenvalue weighted by molar-refractivity contribution is 6.36. The van der Waals surface area contributed by atoms with E-state index in [2.05, 4.69) is 194 Å². The average Bonchev–Trinajstić information content (AvgIpc) is 3.97. The first kappa shape index (κ1) is 29.9. The maximum absolute atomic E-state index is 2.61. The Kier molecular flexibility index (Phi) is 5.15. The quantitative estimate of drug-likeness (QED) is 0.108. The number of benzene rings is 11. The molecule has 0 heterocycles. The summed E-state index contributed by atoms with van der Waals surface area (Å²) in [6.07, 6.45) is 0. The highest BCUT2D eigenvalue weighted by atomic mass is 14.5. The number of rotatable bonds is 0. The Balaban J connectivity index is 1.14. The van der Waals surface area contributed by atoms with Gasteiger partial charge in [-0.15, -0.1) is 0 Å². The summed E-state index contributed by atoms with van der Waals surface area (Å²) in [5.41, 5.74) is 21.1. The zero-order valence-electron chi connectivity index (χ0n) is 31.5. The van der Waals surface area contributed by atoms with Gasteiger partial charge in [-0.3, -0.25) is 0 Å². The Bertz CT molecular complexity index is 3350. The summed E-state index contributed by atoms with van der Waals surface area (Å²) < 4.78 is 0. The minimum atomic E-state index is -0.402. The molecule has 0 amide bonds. The van der Waals surface area contributed by atoms with Gasteiger partial charge in [0.2, 0.25) is 0 Å². The summed E-state index contributed by atoms with van der Waals surface area (Å²) in [5, 5.41) is 10.8. The summed E-state index contributed by atoms with van der Waals surface area (Å²) in [6, 6.07) is 74.6. The van der Waals surface area contributed by atoms with Gasteiger partial charge in [0, 0.05) is 0 Å². The van der Waals surface area contributed by atoms with E-state index < -0.39 is 10.8 Å². The number of hydrogen-bond acceptors (Lipinski definition) is 0. The van der Waals surface area contributed by atoms with Crippen molar-refractivity contribution in [3.8, 4) is 44.5 Å². The van der Waals surface area contributed by atoms with Crippen LogP contribution in [0.3, 0.4) is 0 Å². The molecule has 0 aliphatic heterocycles. The lowest BCUT2D eigenvalue weighted by atomic mass is 9.69. The largest absolute Gasteiger partial charge is 0.0725 e. The maximum atomic E-state index is 2.61. The van der Waals surface area contributed by atoms with Crippen LogP contribution in [0.15, 0.2) is 194 Å². The van der Waals surface area contributed by atoms with Crippen molar-refractivity contribution in [3.63, 3.8) is 0 Å². The maximum Gasteiger partial charge on any atom is 0.0725 e. The third-order valence-electron chi connectivity index (χ3n) is 14.8. The van der Waals surface area contributed by atoms with E-state index in [1.54, 1.807) is 0 Å². The van der Waals surface area contributed by atoms with Crippen molar-refractivity contribution >= 4 is 43.1 Å². The molecule has 2 spiro atoms. The van der Waals surface area contributed by atoms with Gasteiger partial charge in [0.15, 0.2) is 0 Å². The molecule has 0 heteroatoms. The van der Waals surface area contributed by atoms with E-state index in [1.165, 1.54) is 132 Å². The number of fused-ring (bicyclic) bond motifs is 24. The van der Waals surface area contributed by atoms with Crippen molar-refractivity contribution in [1.82, 2.24) is 0 Å². The van der Waals surface area contributed by atoms with Gasteiger partial charge >= 0.3 is 0 Å². The fraction of sp³-hybridized carbons (Fsp3) is 0.0345. The van der Waals surface area contributed by atoms with Crippen molar-refractivity contribution in [3.05, 3.63) is 239 Å². The van der Waals surface area contributed by atoms with Crippen LogP contribution in [0, 0.1) is 0 Å². The second-order valence-corrected chi connectivity index (χ2v) is 16.9. The molecule has 58 heavy (non-hydrogen) atoms. The second kappa shape index (κ2) is 9.98. The molecular formula is C58H32. The Morgan fingerprint density at radius 2 is 0.483 bits per heavy atom. The molecule has 0 fully saturated rings. The van der Waals surface area contributed by atoms with Crippen LogP contribution < -0.4 is 0 Å². The normalized spacial score (nSPS) is 15.2. The van der Waals surface area contributed by atoms with Crippen LogP contribution >= 0.6 is 0 Å². The molecule has 4 aliphatic rings. The highest BCUT2D eigenvalue weighted by Gasteiger charge is 2.54. The molecule has 11 aromatic rings. The summed E-state index contributed by atoms with van der Waals surface area (Å²) >= 11 is 0. The molecule has 11 aromatic carbocycles. The van der Waals surface area contributed by atoms with Gasteiger partial charge in [-0.05, 0) is 144 Å². The molecule has 15 rings (SSSR count). The molecular weight excluding hydrogens is 697 g/mol. The summed E-state index contributed by atoms with van der Waals surface area (Å²) in [7, 11) is 0. The van der Waals surface area contributed by atoms with Gasteiger partial charge in [0.05, 0.1) is 10.8 Å². The minimum absolute atomic E-state index is 0.402. The molecule has 0 nitrogen and oxygen atoms in total. The second-order valence-electron chi connectivity index (χ2n) is 16.9. The van der Waals surface area contributed by atoms with E-state index in [4.69, 9.17) is 0 Å². The van der Waals surface area contributed by atoms with Crippen LogP contribution in [0.25, 0.3) is 87.6 Å². The lowest BCUT2D eigenvalue weighted by Gasteiger charge is -2.31. The summed E-state index contributed by atoms with van der Waals surface area (Å²) in [6.45, 7) is 0. The van der Waals surface area contributed by atoms with Gasteiger partial charge in [0.1, 0.15) is 0 Å². The standard InChI is InChI=1S/C58H32/c1-7-25-45-33(15-1)34-16-2-8-26-46(34)57(45)49-29-11-5-19-39(49)55-41-23-13-22-38-44-32-52-56(42-24-14-21-37(54(42)44)43(53(38)41)31-51(55)57)40-20-6-12-30-50(40)58(52)47-27-9-3-17-35(47)36-18-4-10-28-48(36)58/h1-32H. The molecule has 0 N–H and O–H groups in total. The molecule has 0 unspecified atom stereocenters. The monoisotopic (exact) mass is 728 g/mol. The van der Waals surface area contributed by atoms with E-state index >= 15 is 0 Å². The Labute approximate surface area is 335 Å². The van der Waals surface area contributed by atoms with Crippen molar-refractivity contribution in [2.45, 2.75) is 10.8 Å². The molecule has 0 aromatic heterocycles. The lowest BCUT2D eigenvalue weighted by molar-refractivity contribution is 0.795. The van der Waals surface area contributed by atoms with E-state index in [0.29, 0.717) is 0 Å². The van der Waals surface area contributed by atoms with Crippen molar-refractivity contribution in [2.75, 3.05) is 0 Å².